The lowest BCUT2D eigenvalue weighted by atomic mass is 10.2. The van der Waals surface area contributed by atoms with E-state index in [1.165, 1.54) is 28.7 Å². The molecule has 4 rings (SSSR count). The Morgan fingerprint density at radius 1 is 1.00 bits per heavy atom. The van der Waals surface area contributed by atoms with Gasteiger partial charge in [0.2, 0.25) is 4.96 Å². The number of thiazole rings is 1. The standard InChI is InChI=1S/C25H27N3O4S/c1-4-5-6-7-14-32-20-13-8-17(15-21(20)31-3)16-22-24(29)28-25(33-22)26-23(27-28)18-9-11-19(30-2)12-10-18/h8-13,15-16H,4-7,14H2,1-3H3/b22-16-. The second-order valence-corrected chi connectivity index (χ2v) is 8.60. The molecule has 7 nitrogen and oxygen atoms in total. The summed E-state index contributed by atoms with van der Waals surface area (Å²) in [4.78, 5) is 18.0. The van der Waals surface area contributed by atoms with Crippen LogP contribution in [0.3, 0.4) is 0 Å². The number of nitrogens with zero attached hydrogens (tertiary/aromatic N) is 3. The smallest absolute Gasteiger partial charge is 0.291 e. The highest BCUT2D eigenvalue weighted by atomic mass is 32.1. The third-order valence-electron chi connectivity index (χ3n) is 5.27. The van der Waals surface area contributed by atoms with Crippen molar-refractivity contribution in [2.75, 3.05) is 20.8 Å². The van der Waals surface area contributed by atoms with E-state index in [9.17, 15) is 4.79 Å². The maximum absolute atomic E-state index is 12.9. The van der Waals surface area contributed by atoms with Gasteiger partial charge in [0.05, 0.1) is 25.4 Å². The fourth-order valence-electron chi connectivity index (χ4n) is 3.45. The lowest BCUT2D eigenvalue weighted by Crippen LogP contribution is -2.23. The topological polar surface area (TPSA) is 75.0 Å². The molecule has 0 radical (unpaired) electrons. The van der Waals surface area contributed by atoms with Crippen molar-refractivity contribution >= 4 is 22.4 Å². The van der Waals surface area contributed by atoms with E-state index in [4.69, 9.17) is 14.2 Å². The molecule has 0 aliphatic heterocycles. The Bertz CT molecular complexity index is 1330. The number of methoxy groups -OCH3 is 2. The van der Waals surface area contributed by atoms with Crippen molar-refractivity contribution in [1.29, 1.82) is 0 Å². The summed E-state index contributed by atoms with van der Waals surface area (Å²) < 4.78 is 18.5. The van der Waals surface area contributed by atoms with Gasteiger partial charge in [-0.3, -0.25) is 4.79 Å². The predicted molar refractivity (Wildman–Crippen MR) is 131 cm³/mol. The molecule has 0 saturated heterocycles. The molecule has 0 atom stereocenters. The van der Waals surface area contributed by atoms with Gasteiger partial charge in [0.1, 0.15) is 5.75 Å². The molecule has 2 heterocycles. The largest absolute Gasteiger partial charge is 0.497 e. The zero-order chi connectivity index (χ0) is 23.2. The van der Waals surface area contributed by atoms with Crippen LogP contribution in [-0.2, 0) is 0 Å². The van der Waals surface area contributed by atoms with Gasteiger partial charge in [0.25, 0.3) is 5.56 Å². The summed E-state index contributed by atoms with van der Waals surface area (Å²) in [6.45, 7) is 2.85. The van der Waals surface area contributed by atoms with Crippen LogP contribution in [0.15, 0.2) is 47.3 Å². The summed E-state index contributed by atoms with van der Waals surface area (Å²) in [5.74, 6) is 2.62. The molecule has 2 aromatic heterocycles. The fraction of sp³-hybridized carbons (Fsp3) is 0.320. The number of aromatic nitrogens is 3. The second-order valence-electron chi connectivity index (χ2n) is 7.59. The first-order valence-corrected chi connectivity index (χ1v) is 11.8. The zero-order valence-electron chi connectivity index (χ0n) is 19.0. The van der Waals surface area contributed by atoms with E-state index < -0.39 is 0 Å². The monoisotopic (exact) mass is 465 g/mol. The Kier molecular flexibility index (Phi) is 7.24. The number of ether oxygens (including phenoxy) is 3. The Morgan fingerprint density at radius 2 is 1.82 bits per heavy atom. The first kappa shape index (κ1) is 22.8. The van der Waals surface area contributed by atoms with Crippen LogP contribution < -0.4 is 24.3 Å². The van der Waals surface area contributed by atoms with Crippen molar-refractivity contribution in [2.24, 2.45) is 0 Å². The van der Waals surface area contributed by atoms with Gasteiger partial charge < -0.3 is 14.2 Å². The average Bonchev–Trinajstić information content (AvgIpc) is 3.39. The molecule has 0 unspecified atom stereocenters. The summed E-state index contributed by atoms with van der Waals surface area (Å²) in [5, 5.41) is 4.40. The average molecular weight is 466 g/mol. The minimum absolute atomic E-state index is 0.197. The van der Waals surface area contributed by atoms with Crippen LogP contribution in [0.1, 0.15) is 38.2 Å². The Labute approximate surface area is 196 Å². The highest BCUT2D eigenvalue weighted by Gasteiger charge is 2.12. The summed E-state index contributed by atoms with van der Waals surface area (Å²) in [7, 11) is 3.23. The zero-order valence-corrected chi connectivity index (χ0v) is 19.9. The van der Waals surface area contributed by atoms with Gasteiger partial charge in [-0.2, -0.15) is 9.50 Å². The third kappa shape index (κ3) is 5.17. The van der Waals surface area contributed by atoms with Crippen molar-refractivity contribution < 1.29 is 14.2 Å². The Hall–Kier alpha value is -3.39. The van der Waals surface area contributed by atoms with Crippen LogP contribution in [0.25, 0.3) is 22.4 Å². The molecule has 33 heavy (non-hydrogen) atoms. The first-order chi connectivity index (χ1) is 16.1. The minimum Gasteiger partial charge on any atom is -0.497 e. The number of unbranched alkanes of at least 4 members (excludes halogenated alkanes) is 3. The molecule has 0 amide bonds. The van der Waals surface area contributed by atoms with Crippen molar-refractivity contribution in [3.63, 3.8) is 0 Å². The molecule has 0 N–H and O–H groups in total. The lowest BCUT2D eigenvalue weighted by molar-refractivity contribution is 0.285. The molecule has 0 fully saturated rings. The molecule has 172 valence electrons. The number of fused-ring (bicyclic) bond motifs is 1. The minimum atomic E-state index is -0.197. The normalized spacial score (nSPS) is 11.8. The van der Waals surface area contributed by atoms with Crippen LogP contribution in [0.5, 0.6) is 17.2 Å². The van der Waals surface area contributed by atoms with Crippen LogP contribution >= 0.6 is 11.3 Å². The van der Waals surface area contributed by atoms with E-state index in [0.29, 0.717) is 33.4 Å². The number of rotatable bonds is 10. The molecular formula is C25H27N3O4S. The fourth-order valence-corrected chi connectivity index (χ4v) is 4.36. The molecular weight excluding hydrogens is 438 g/mol. The second kappa shape index (κ2) is 10.5. The van der Waals surface area contributed by atoms with Crippen LogP contribution in [-0.4, -0.2) is 35.4 Å². The molecule has 8 heteroatoms. The molecule has 0 bridgehead atoms. The van der Waals surface area contributed by atoms with Gasteiger partial charge in [-0.1, -0.05) is 43.6 Å². The van der Waals surface area contributed by atoms with Crippen LogP contribution in [0, 0.1) is 0 Å². The number of hydrogen-bond acceptors (Lipinski definition) is 7. The van der Waals surface area contributed by atoms with E-state index in [1.807, 2.05) is 48.5 Å². The van der Waals surface area contributed by atoms with Gasteiger partial charge in [-0.05, 0) is 54.5 Å². The Balaban J connectivity index is 1.56. The van der Waals surface area contributed by atoms with Gasteiger partial charge in [-0.25, -0.2) is 0 Å². The number of benzene rings is 2. The van der Waals surface area contributed by atoms with E-state index >= 15 is 0 Å². The summed E-state index contributed by atoms with van der Waals surface area (Å²) in [6, 6.07) is 13.1. The lowest BCUT2D eigenvalue weighted by Gasteiger charge is -2.11. The Morgan fingerprint density at radius 3 is 2.52 bits per heavy atom. The highest BCUT2D eigenvalue weighted by Crippen LogP contribution is 2.28. The van der Waals surface area contributed by atoms with Crippen molar-refractivity contribution in [3.05, 3.63) is 62.9 Å². The molecule has 0 spiro atoms. The first-order valence-electron chi connectivity index (χ1n) is 11.0. The van der Waals surface area contributed by atoms with Crippen molar-refractivity contribution in [3.8, 4) is 28.6 Å². The van der Waals surface area contributed by atoms with E-state index in [1.54, 1.807) is 14.2 Å². The maximum Gasteiger partial charge on any atom is 0.291 e. The van der Waals surface area contributed by atoms with Gasteiger partial charge in [0.15, 0.2) is 17.3 Å². The van der Waals surface area contributed by atoms with Crippen LogP contribution in [0.2, 0.25) is 0 Å². The molecule has 0 aliphatic rings. The maximum atomic E-state index is 12.9. The molecule has 0 aliphatic carbocycles. The SMILES string of the molecule is CCCCCCOc1ccc(/C=c2\sc3nc(-c4ccc(OC)cc4)nn3c2=O)cc1OC. The summed E-state index contributed by atoms with van der Waals surface area (Å²) >= 11 is 1.31. The van der Waals surface area contributed by atoms with Crippen LogP contribution in [0.4, 0.5) is 0 Å². The van der Waals surface area contributed by atoms with E-state index in [-0.39, 0.29) is 5.56 Å². The highest BCUT2D eigenvalue weighted by molar-refractivity contribution is 7.15. The summed E-state index contributed by atoms with van der Waals surface area (Å²) in [5.41, 5.74) is 1.48. The van der Waals surface area contributed by atoms with Gasteiger partial charge in [0, 0.05) is 5.56 Å². The van der Waals surface area contributed by atoms with E-state index in [0.717, 1.165) is 29.7 Å². The van der Waals surface area contributed by atoms with E-state index in [2.05, 4.69) is 17.0 Å². The van der Waals surface area contributed by atoms with Crippen molar-refractivity contribution in [2.45, 2.75) is 32.6 Å². The van der Waals surface area contributed by atoms with Gasteiger partial charge in [-0.15, -0.1) is 5.10 Å². The molecule has 2 aromatic carbocycles. The van der Waals surface area contributed by atoms with Crippen molar-refractivity contribution in [1.82, 2.24) is 14.6 Å². The van der Waals surface area contributed by atoms with Gasteiger partial charge >= 0.3 is 0 Å². The molecule has 4 aromatic rings. The quantitative estimate of drug-likeness (QED) is 0.324. The predicted octanol–water partition coefficient (Wildman–Crippen LogP) is 4.34. The summed E-state index contributed by atoms with van der Waals surface area (Å²) in [6.07, 6.45) is 6.41. The molecule has 0 saturated carbocycles. The third-order valence-corrected chi connectivity index (χ3v) is 6.23. The number of hydrogen-bond donors (Lipinski definition) is 0.